The Morgan fingerprint density at radius 3 is 2.80 bits per heavy atom. The van der Waals surface area contributed by atoms with E-state index in [1.807, 2.05) is 18.2 Å². The summed E-state index contributed by atoms with van der Waals surface area (Å²) >= 11 is 0. The van der Waals surface area contributed by atoms with E-state index in [1.54, 1.807) is 12.3 Å². The zero-order chi connectivity index (χ0) is 14.6. The third-order valence-electron chi connectivity index (χ3n) is 2.84. The lowest BCUT2D eigenvalue weighted by atomic mass is 10.1. The number of carbonyl (C=O) groups excluding carboxylic acids is 1. The van der Waals surface area contributed by atoms with Crippen molar-refractivity contribution >= 4 is 26.8 Å². The van der Waals surface area contributed by atoms with E-state index in [4.69, 9.17) is 0 Å². The fourth-order valence-corrected chi connectivity index (χ4v) is 2.43. The second-order valence-corrected chi connectivity index (χ2v) is 6.36. The number of para-hydroxylation sites is 1. The molecular formula is C13H17N3O3S. The van der Waals surface area contributed by atoms with Crippen LogP contribution in [0.1, 0.15) is 16.8 Å². The summed E-state index contributed by atoms with van der Waals surface area (Å²) < 4.78 is 24.1. The van der Waals surface area contributed by atoms with Crippen molar-refractivity contribution < 1.29 is 13.2 Å². The number of rotatable bonds is 6. The van der Waals surface area contributed by atoms with Gasteiger partial charge in [0.1, 0.15) is 0 Å². The molecular weight excluding hydrogens is 278 g/mol. The Morgan fingerprint density at radius 2 is 2.05 bits per heavy atom. The van der Waals surface area contributed by atoms with Crippen molar-refractivity contribution in [2.75, 3.05) is 19.3 Å². The number of aromatic nitrogens is 1. The largest absolute Gasteiger partial charge is 0.361 e. The molecule has 1 aromatic carbocycles. The van der Waals surface area contributed by atoms with E-state index in [0.29, 0.717) is 25.1 Å². The van der Waals surface area contributed by atoms with Crippen LogP contribution in [0.2, 0.25) is 0 Å². The van der Waals surface area contributed by atoms with E-state index in [2.05, 4.69) is 15.0 Å². The van der Waals surface area contributed by atoms with Crippen LogP contribution in [0.5, 0.6) is 0 Å². The third-order valence-corrected chi connectivity index (χ3v) is 3.56. The smallest absolute Gasteiger partial charge is 0.253 e. The number of benzene rings is 1. The number of sulfonamides is 1. The number of amides is 1. The molecule has 1 aromatic heterocycles. The summed E-state index contributed by atoms with van der Waals surface area (Å²) in [6, 6.07) is 7.42. The van der Waals surface area contributed by atoms with Gasteiger partial charge < -0.3 is 10.3 Å². The summed E-state index contributed by atoms with van der Waals surface area (Å²) in [4.78, 5) is 15.1. The molecule has 0 spiro atoms. The van der Waals surface area contributed by atoms with E-state index in [0.717, 1.165) is 17.2 Å². The Morgan fingerprint density at radius 1 is 1.25 bits per heavy atom. The first-order valence-corrected chi connectivity index (χ1v) is 8.15. The molecule has 0 saturated heterocycles. The Bertz CT molecular complexity index is 706. The van der Waals surface area contributed by atoms with Crippen LogP contribution >= 0.6 is 0 Å². The van der Waals surface area contributed by atoms with Gasteiger partial charge in [-0.2, -0.15) is 0 Å². The minimum Gasteiger partial charge on any atom is -0.361 e. The molecule has 2 rings (SSSR count). The maximum Gasteiger partial charge on any atom is 0.253 e. The van der Waals surface area contributed by atoms with Gasteiger partial charge in [0.15, 0.2) is 0 Å². The minimum absolute atomic E-state index is 0.169. The van der Waals surface area contributed by atoms with E-state index >= 15 is 0 Å². The molecule has 0 aliphatic heterocycles. The van der Waals surface area contributed by atoms with Crippen molar-refractivity contribution in [3.8, 4) is 0 Å². The molecule has 3 N–H and O–H groups in total. The summed E-state index contributed by atoms with van der Waals surface area (Å²) in [7, 11) is -3.17. The summed E-state index contributed by atoms with van der Waals surface area (Å²) in [6.45, 7) is 0.726. The van der Waals surface area contributed by atoms with Gasteiger partial charge in [-0.25, -0.2) is 13.1 Å². The fourth-order valence-electron chi connectivity index (χ4n) is 1.92. The lowest BCUT2D eigenvalue weighted by molar-refractivity contribution is 0.0955. The highest BCUT2D eigenvalue weighted by molar-refractivity contribution is 7.88. The Balaban J connectivity index is 1.88. The average molecular weight is 295 g/mol. The van der Waals surface area contributed by atoms with Gasteiger partial charge in [0.05, 0.1) is 17.3 Å². The summed E-state index contributed by atoms with van der Waals surface area (Å²) in [5.74, 6) is -0.169. The van der Waals surface area contributed by atoms with E-state index in [-0.39, 0.29) is 5.91 Å². The molecule has 0 bridgehead atoms. The zero-order valence-corrected chi connectivity index (χ0v) is 12.0. The van der Waals surface area contributed by atoms with Gasteiger partial charge in [0.25, 0.3) is 5.91 Å². The summed E-state index contributed by atoms with van der Waals surface area (Å²) in [5.41, 5.74) is 1.39. The van der Waals surface area contributed by atoms with Crippen molar-refractivity contribution in [1.29, 1.82) is 0 Å². The van der Waals surface area contributed by atoms with Gasteiger partial charge in [0.2, 0.25) is 10.0 Å². The van der Waals surface area contributed by atoms with Crippen molar-refractivity contribution in [1.82, 2.24) is 15.0 Å². The van der Waals surface area contributed by atoms with E-state index < -0.39 is 10.0 Å². The molecule has 1 heterocycles. The molecule has 2 aromatic rings. The van der Waals surface area contributed by atoms with Gasteiger partial charge in [-0.3, -0.25) is 4.79 Å². The van der Waals surface area contributed by atoms with Crippen LogP contribution in [0.4, 0.5) is 0 Å². The Labute approximate surface area is 117 Å². The lowest BCUT2D eigenvalue weighted by Crippen LogP contribution is -2.29. The topological polar surface area (TPSA) is 91.1 Å². The molecule has 1 amide bonds. The third kappa shape index (κ3) is 3.82. The molecule has 0 fully saturated rings. The SMILES string of the molecule is CS(=O)(=O)NCCCNC(=O)c1cccc2cc[nH]c12. The predicted molar refractivity (Wildman–Crippen MR) is 78.1 cm³/mol. The molecule has 0 atom stereocenters. The summed E-state index contributed by atoms with van der Waals surface area (Å²) in [5, 5.41) is 3.76. The predicted octanol–water partition coefficient (Wildman–Crippen LogP) is 0.837. The molecule has 0 aliphatic rings. The fraction of sp³-hybridized carbons (Fsp3) is 0.308. The number of nitrogens with one attached hydrogen (secondary N) is 3. The maximum absolute atomic E-state index is 12.0. The molecule has 0 aliphatic carbocycles. The lowest BCUT2D eigenvalue weighted by Gasteiger charge is -2.06. The van der Waals surface area contributed by atoms with E-state index in [1.165, 1.54) is 0 Å². The quantitative estimate of drug-likeness (QED) is 0.690. The standard InChI is InChI=1S/C13H17N3O3S/c1-20(18,19)16-8-3-7-15-13(17)11-5-2-4-10-6-9-14-12(10)11/h2,4-6,9,14,16H,3,7-8H2,1H3,(H,15,17). The molecule has 7 heteroatoms. The molecule has 6 nitrogen and oxygen atoms in total. The van der Waals surface area contributed by atoms with Crippen LogP contribution in [0, 0.1) is 0 Å². The maximum atomic E-state index is 12.0. The number of H-pyrrole nitrogens is 1. The van der Waals surface area contributed by atoms with Crippen molar-refractivity contribution in [3.63, 3.8) is 0 Å². The second kappa shape index (κ2) is 6.06. The first-order valence-electron chi connectivity index (χ1n) is 6.26. The monoisotopic (exact) mass is 295 g/mol. The van der Waals surface area contributed by atoms with Crippen LogP contribution in [0.15, 0.2) is 30.5 Å². The van der Waals surface area contributed by atoms with Gasteiger partial charge in [-0.05, 0) is 18.6 Å². The number of fused-ring (bicyclic) bond motifs is 1. The Hall–Kier alpha value is -1.86. The molecule has 108 valence electrons. The van der Waals surface area contributed by atoms with Crippen molar-refractivity contribution in [2.24, 2.45) is 0 Å². The van der Waals surface area contributed by atoms with Crippen LogP contribution in [-0.4, -0.2) is 38.7 Å². The highest BCUT2D eigenvalue weighted by Crippen LogP contribution is 2.16. The molecule has 0 unspecified atom stereocenters. The van der Waals surface area contributed by atoms with E-state index in [9.17, 15) is 13.2 Å². The van der Waals surface area contributed by atoms with Gasteiger partial charge in [-0.1, -0.05) is 12.1 Å². The van der Waals surface area contributed by atoms with Crippen LogP contribution in [-0.2, 0) is 10.0 Å². The van der Waals surface area contributed by atoms with Crippen LogP contribution in [0.3, 0.4) is 0 Å². The molecule has 20 heavy (non-hydrogen) atoms. The molecule has 0 saturated carbocycles. The first kappa shape index (κ1) is 14.5. The first-order chi connectivity index (χ1) is 9.47. The van der Waals surface area contributed by atoms with Crippen molar-refractivity contribution in [2.45, 2.75) is 6.42 Å². The summed E-state index contributed by atoms with van der Waals surface area (Å²) in [6.07, 6.45) is 3.44. The van der Waals surface area contributed by atoms with Crippen LogP contribution < -0.4 is 10.0 Å². The minimum atomic E-state index is -3.17. The van der Waals surface area contributed by atoms with Gasteiger partial charge in [0, 0.05) is 24.7 Å². The Kier molecular flexibility index (Phi) is 4.41. The highest BCUT2D eigenvalue weighted by atomic mass is 32.2. The average Bonchev–Trinajstić information content (AvgIpc) is 2.84. The zero-order valence-electron chi connectivity index (χ0n) is 11.1. The number of carbonyl (C=O) groups is 1. The second-order valence-electron chi connectivity index (χ2n) is 4.52. The number of aromatic amines is 1. The normalized spacial score (nSPS) is 11.7. The van der Waals surface area contributed by atoms with Gasteiger partial charge >= 0.3 is 0 Å². The van der Waals surface area contributed by atoms with Crippen LogP contribution in [0.25, 0.3) is 10.9 Å². The number of hydrogen-bond acceptors (Lipinski definition) is 3. The van der Waals surface area contributed by atoms with Crippen molar-refractivity contribution in [3.05, 3.63) is 36.0 Å². The highest BCUT2D eigenvalue weighted by Gasteiger charge is 2.09. The molecule has 0 radical (unpaired) electrons. The van der Waals surface area contributed by atoms with Gasteiger partial charge in [-0.15, -0.1) is 0 Å². The number of hydrogen-bond donors (Lipinski definition) is 3.